The Hall–Kier alpha value is -2.92. The number of benzene rings is 1. The number of rotatable bonds is 2. The Kier molecular flexibility index (Phi) is 2.95. The fourth-order valence-electron chi connectivity index (χ4n) is 1.25. The van der Waals surface area contributed by atoms with Crippen LogP contribution in [0, 0.1) is 22.7 Å². The highest BCUT2D eigenvalue weighted by atomic mass is 16.5. The van der Waals surface area contributed by atoms with E-state index in [1.165, 1.54) is 24.4 Å². The van der Waals surface area contributed by atoms with Crippen LogP contribution in [0.5, 0.6) is 11.6 Å². The van der Waals surface area contributed by atoms with Gasteiger partial charge < -0.3 is 4.74 Å². The largest absolute Gasteiger partial charge is 0.437 e. The van der Waals surface area contributed by atoms with Crippen LogP contribution >= 0.6 is 0 Å². The lowest BCUT2D eigenvalue weighted by atomic mass is 10.1. The monoisotopic (exact) mass is 222 g/mol. The first-order chi connectivity index (χ1) is 8.31. The molecule has 0 saturated heterocycles. The third-order valence-electron chi connectivity index (χ3n) is 1.93. The SMILES string of the molecule is N#Cc1cc(C#N)cc(Oc2cccnn2)c1. The van der Waals surface area contributed by atoms with Gasteiger partial charge in [-0.3, -0.25) is 0 Å². The van der Waals surface area contributed by atoms with E-state index in [2.05, 4.69) is 10.2 Å². The molecule has 5 heteroatoms. The maximum absolute atomic E-state index is 8.81. The van der Waals surface area contributed by atoms with Gasteiger partial charge in [0.25, 0.3) is 0 Å². The minimum atomic E-state index is 0.312. The summed E-state index contributed by atoms with van der Waals surface area (Å²) in [5, 5.41) is 25.0. The number of ether oxygens (including phenoxy) is 1. The fourth-order valence-corrected chi connectivity index (χ4v) is 1.25. The molecule has 0 aliphatic carbocycles. The molecule has 1 heterocycles. The minimum Gasteiger partial charge on any atom is -0.437 e. The molecule has 0 fully saturated rings. The Morgan fingerprint density at radius 1 is 1.06 bits per heavy atom. The number of hydrogen-bond donors (Lipinski definition) is 0. The molecule has 0 aliphatic rings. The maximum atomic E-state index is 8.81. The third-order valence-corrected chi connectivity index (χ3v) is 1.93. The molecule has 0 saturated carbocycles. The molecule has 0 spiro atoms. The van der Waals surface area contributed by atoms with Crippen molar-refractivity contribution in [2.75, 3.05) is 0 Å². The summed E-state index contributed by atoms with van der Waals surface area (Å²) in [6.45, 7) is 0. The highest BCUT2D eigenvalue weighted by Gasteiger charge is 2.03. The van der Waals surface area contributed by atoms with Crippen LogP contribution < -0.4 is 4.74 Å². The van der Waals surface area contributed by atoms with E-state index in [9.17, 15) is 0 Å². The molecule has 2 rings (SSSR count). The Balaban J connectivity index is 2.34. The van der Waals surface area contributed by atoms with Crippen molar-refractivity contribution in [2.24, 2.45) is 0 Å². The molecule has 0 radical (unpaired) electrons. The van der Waals surface area contributed by atoms with Crippen molar-refractivity contribution in [1.29, 1.82) is 10.5 Å². The molecule has 80 valence electrons. The normalized spacial score (nSPS) is 9.06. The van der Waals surface area contributed by atoms with Crippen molar-refractivity contribution in [3.63, 3.8) is 0 Å². The van der Waals surface area contributed by atoms with Crippen molar-refractivity contribution >= 4 is 0 Å². The third kappa shape index (κ3) is 2.55. The van der Waals surface area contributed by atoms with Crippen LogP contribution in [0.1, 0.15) is 11.1 Å². The van der Waals surface area contributed by atoms with Crippen LogP contribution in [-0.2, 0) is 0 Å². The molecule has 0 N–H and O–H groups in total. The van der Waals surface area contributed by atoms with Crippen LogP contribution in [0.4, 0.5) is 0 Å². The average Bonchev–Trinajstić information content (AvgIpc) is 2.39. The fraction of sp³-hybridized carbons (Fsp3) is 0. The van der Waals surface area contributed by atoms with Crippen molar-refractivity contribution in [3.05, 3.63) is 47.7 Å². The predicted molar refractivity (Wildman–Crippen MR) is 58.0 cm³/mol. The van der Waals surface area contributed by atoms with E-state index in [-0.39, 0.29) is 0 Å². The Morgan fingerprint density at radius 2 is 1.76 bits per heavy atom. The lowest BCUT2D eigenvalue weighted by molar-refractivity contribution is 0.455. The lowest BCUT2D eigenvalue weighted by Crippen LogP contribution is -1.90. The van der Waals surface area contributed by atoms with Crippen molar-refractivity contribution in [1.82, 2.24) is 10.2 Å². The van der Waals surface area contributed by atoms with Gasteiger partial charge in [-0.1, -0.05) is 0 Å². The molecule has 2 aromatic rings. The van der Waals surface area contributed by atoms with Gasteiger partial charge in [0.05, 0.1) is 23.3 Å². The van der Waals surface area contributed by atoms with Gasteiger partial charge in [-0.25, -0.2) is 0 Å². The summed E-state index contributed by atoms with van der Waals surface area (Å²) in [4.78, 5) is 0. The van der Waals surface area contributed by atoms with Crippen LogP contribution in [0.25, 0.3) is 0 Å². The summed E-state index contributed by atoms with van der Waals surface area (Å²) in [6, 6.07) is 11.8. The molecule has 5 nitrogen and oxygen atoms in total. The molecule has 1 aromatic carbocycles. The zero-order chi connectivity index (χ0) is 12.1. The predicted octanol–water partition coefficient (Wildman–Crippen LogP) is 2.01. The molecule has 0 aliphatic heterocycles. The molecule has 1 aromatic heterocycles. The quantitative estimate of drug-likeness (QED) is 0.776. The first kappa shape index (κ1) is 10.6. The van der Waals surface area contributed by atoms with Gasteiger partial charge in [-0.05, 0) is 24.3 Å². The molecule has 0 bridgehead atoms. The summed E-state index contributed by atoms with van der Waals surface area (Å²) in [7, 11) is 0. The molecule has 0 amide bonds. The van der Waals surface area contributed by atoms with Crippen LogP contribution in [-0.4, -0.2) is 10.2 Å². The van der Waals surface area contributed by atoms with E-state index < -0.39 is 0 Å². The van der Waals surface area contributed by atoms with Crippen molar-refractivity contribution in [3.8, 4) is 23.8 Å². The molecular weight excluding hydrogens is 216 g/mol. The number of aromatic nitrogens is 2. The van der Waals surface area contributed by atoms with Gasteiger partial charge in [0.15, 0.2) is 0 Å². The summed E-state index contributed by atoms with van der Waals surface area (Å²) in [5.74, 6) is 0.701. The van der Waals surface area contributed by atoms with Gasteiger partial charge >= 0.3 is 0 Å². The van der Waals surface area contributed by atoms with Crippen LogP contribution in [0.3, 0.4) is 0 Å². The van der Waals surface area contributed by atoms with Gasteiger partial charge in [-0.15, -0.1) is 5.10 Å². The molecule has 0 unspecified atom stereocenters. The lowest BCUT2D eigenvalue weighted by Gasteiger charge is -2.04. The van der Waals surface area contributed by atoms with E-state index in [0.29, 0.717) is 22.8 Å². The van der Waals surface area contributed by atoms with E-state index in [0.717, 1.165) is 0 Å². The highest BCUT2D eigenvalue weighted by molar-refractivity contribution is 5.46. The molecule has 0 atom stereocenters. The first-order valence-corrected chi connectivity index (χ1v) is 4.72. The van der Waals surface area contributed by atoms with E-state index in [4.69, 9.17) is 15.3 Å². The molecule has 17 heavy (non-hydrogen) atoms. The highest BCUT2D eigenvalue weighted by Crippen LogP contribution is 2.21. The minimum absolute atomic E-state index is 0.312. The van der Waals surface area contributed by atoms with Crippen LogP contribution in [0.2, 0.25) is 0 Å². The van der Waals surface area contributed by atoms with E-state index >= 15 is 0 Å². The van der Waals surface area contributed by atoms with Gasteiger partial charge in [-0.2, -0.15) is 15.6 Å². The smallest absolute Gasteiger partial charge is 0.238 e. The average molecular weight is 222 g/mol. The van der Waals surface area contributed by atoms with Crippen molar-refractivity contribution < 1.29 is 4.74 Å². The number of hydrogen-bond acceptors (Lipinski definition) is 5. The van der Waals surface area contributed by atoms with Crippen LogP contribution in [0.15, 0.2) is 36.5 Å². The first-order valence-electron chi connectivity index (χ1n) is 4.72. The maximum Gasteiger partial charge on any atom is 0.238 e. The molecular formula is C12H6N4O. The topological polar surface area (TPSA) is 82.6 Å². The van der Waals surface area contributed by atoms with Gasteiger partial charge in [0, 0.05) is 12.3 Å². The number of nitriles is 2. The summed E-state index contributed by atoms with van der Waals surface area (Å²) in [5.41, 5.74) is 0.728. The number of nitrogens with zero attached hydrogens (tertiary/aromatic N) is 4. The van der Waals surface area contributed by atoms with E-state index in [1.54, 1.807) is 12.1 Å². The van der Waals surface area contributed by atoms with Crippen molar-refractivity contribution in [2.45, 2.75) is 0 Å². The second-order valence-electron chi connectivity index (χ2n) is 3.13. The second kappa shape index (κ2) is 4.73. The Morgan fingerprint density at radius 3 is 2.29 bits per heavy atom. The Labute approximate surface area is 97.5 Å². The summed E-state index contributed by atoms with van der Waals surface area (Å²) >= 11 is 0. The summed E-state index contributed by atoms with van der Waals surface area (Å²) in [6.07, 6.45) is 1.53. The second-order valence-corrected chi connectivity index (χ2v) is 3.13. The Bertz CT molecular complexity index is 578. The van der Waals surface area contributed by atoms with Gasteiger partial charge in [0.2, 0.25) is 5.88 Å². The standard InChI is InChI=1S/C12H6N4O/c13-7-9-4-10(8-14)6-11(5-9)17-12-2-1-3-15-16-12/h1-6H. The van der Waals surface area contributed by atoms with Gasteiger partial charge in [0.1, 0.15) is 5.75 Å². The zero-order valence-corrected chi connectivity index (χ0v) is 8.66. The van der Waals surface area contributed by atoms with E-state index in [1.807, 2.05) is 12.1 Å². The zero-order valence-electron chi connectivity index (χ0n) is 8.66. The summed E-state index contributed by atoms with van der Waals surface area (Å²) < 4.78 is 5.39.